The molecule has 2 heterocycles. The van der Waals surface area contributed by atoms with Crippen LogP contribution in [0.1, 0.15) is 13.8 Å². The van der Waals surface area contributed by atoms with Crippen molar-refractivity contribution < 1.29 is 9.47 Å². The van der Waals surface area contributed by atoms with E-state index in [1.54, 1.807) is 7.11 Å². The van der Waals surface area contributed by atoms with Crippen molar-refractivity contribution >= 4 is 12.2 Å². The highest BCUT2D eigenvalue weighted by Crippen LogP contribution is 2.21. The molecule has 0 saturated carbocycles. The molecule has 1 saturated heterocycles. The Labute approximate surface area is 147 Å². The molecule has 7 heteroatoms. The molecule has 3 rings (SSSR count). The third-order valence-corrected chi connectivity index (χ3v) is 4.70. The predicted molar refractivity (Wildman–Crippen MR) is 95.6 cm³/mol. The fourth-order valence-electron chi connectivity index (χ4n) is 3.16. The Bertz CT molecular complexity index is 743. The van der Waals surface area contributed by atoms with Gasteiger partial charge >= 0.3 is 0 Å². The zero-order valence-corrected chi connectivity index (χ0v) is 15.4. The molecule has 0 radical (unpaired) electrons. The summed E-state index contributed by atoms with van der Waals surface area (Å²) in [5, 5.41) is 4.73. The lowest BCUT2D eigenvalue weighted by Crippen LogP contribution is -2.46. The molecule has 2 aromatic rings. The van der Waals surface area contributed by atoms with Gasteiger partial charge in [0.2, 0.25) is 0 Å². The monoisotopic (exact) mass is 348 g/mol. The molecule has 1 fully saturated rings. The second-order valence-corrected chi connectivity index (χ2v) is 6.69. The Morgan fingerprint density at radius 3 is 2.42 bits per heavy atom. The van der Waals surface area contributed by atoms with Crippen molar-refractivity contribution in [3.05, 3.63) is 29.0 Å². The van der Waals surface area contributed by atoms with Crippen LogP contribution in [0.5, 0.6) is 5.75 Å². The Kier molecular flexibility index (Phi) is 5.03. The van der Waals surface area contributed by atoms with Crippen LogP contribution in [-0.2, 0) is 18.5 Å². The van der Waals surface area contributed by atoms with Crippen molar-refractivity contribution in [3.8, 4) is 17.1 Å². The lowest BCUT2D eigenvalue weighted by Gasteiger charge is -2.34. The SMILES string of the molecule is COc1ccc(-c2nn(CN3C[C@@H](C)O[C@@H](C)C3)c(=S)n2C)cc1. The molecule has 0 spiro atoms. The van der Waals surface area contributed by atoms with Crippen LogP contribution in [0.25, 0.3) is 11.4 Å². The van der Waals surface area contributed by atoms with Crippen LogP contribution in [0, 0.1) is 4.77 Å². The first-order chi connectivity index (χ1) is 11.5. The fraction of sp³-hybridized carbons (Fsp3) is 0.529. The van der Waals surface area contributed by atoms with Gasteiger partial charge in [-0.05, 0) is 50.3 Å². The molecule has 2 atom stereocenters. The van der Waals surface area contributed by atoms with E-state index in [0.717, 1.165) is 30.2 Å². The van der Waals surface area contributed by atoms with Crippen LogP contribution in [0.4, 0.5) is 0 Å². The maximum Gasteiger partial charge on any atom is 0.199 e. The average molecular weight is 348 g/mol. The van der Waals surface area contributed by atoms with Crippen LogP contribution < -0.4 is 4.74 Å². The molecular weight excluding hydrogens is 324 g/mol. The van der Waals surface area contributed by atoms with Gasteiger partial charge in [-0.2, -0.15) is 5.10 Å². The van der Waals surface area contributed by atoms with Gasteiger partial charge in [-0.1, -0.05) is 0 Å². The quantitative estimate of drug-likeness (QED) is 0.795. The van der Waals surface area contributed by atoms with Crippen molar-refractivity contribution in [2.45, 2.75) is 32.7 Å². The average Bonchev–Trinajstić information content (AvgIpc) is 2.82. The maximum absolute atomic E-state index is 5.79. The Morgan fingerprint density at radius 2 is 1.83 bits per heavy atom. The summed E-state index contributed by atoms with van der Waals surface area (Å²) in [5.74, 6) is 1.69. The summed E-state index contributed by atoms with van der Waals surface area (Å²) in [5.41, 5.74) is 1.02. The van der Waals surface area contributed by atoms with Crippen LogP contribution in [0.2, 0.25) is 0 Å². The summed E-state index contributed by atoms with van der Waals surface area (Å²) in [6.07, 6.45) is 0.459. The standard InChI is InChI=1S/C17H24N4O2S/c1-12-9-20(10-13(2)23-12)11-21-17(24)19(3)16(18-21)14-5-7-15(22-4)8-6-14/h5-8,12-13H,9-11H2,1-4H3/t12-,13+. The molecule has 130 valence electrons. The molecule has 6 nitrogen and oxygen atoms in total. The number of morpholine rings is 1. The maximum atomic E-state index is 5.79. The Morgan fingerprint density at radius 1 is 1.21 bits per heavy atom. The van der Waals surface area contributed by atoms with Crippen molar-refractivity contribution in [2.24, 2.45) is 7.05 Å². The van der Waals surface area contributed by atoms with E-state index in [1.165, 1.54) is 0 Å². The molecule has 0 bridgehead atoms. The summed E-state index contributed by atoms with van der Waals surface area (Å²) in [4.78, 5) is 2.33. The summed E-state index contributed by atoms with van der Waals surface area (Å²) < 4.78 is 15.6. The molecule has 0 N–H and O–H groups in total. The third-order valence-electron chi connectivity index (χ3n) is 4.22. The number of rotatable bonds is 4. The predicted octanol–water partition coefficient (Wildman–Crippen LogP) is 2.69. The van der Waals surface area contributed by atoms with Gasteiger partial charge in [0.05, 0.1) is 26.0 Å². The third kappa shape index (κ3) is 3.53. The molecule has 0 amide bonds. The highest BCUT2D eigenvalue weighted by Gasteiger charge is 2.23. The van der Waals surface area contributed by atoms with E-state index < -0.39 is 0 Å². The van der Waals surface area contributed by atoms with Gasteiger partial charge in [-0.25, -0.2) is 4.68 Å². The fourth-order valence-corrected chi connectivity index (χ4v) is 3.35. The van der Waals surface area contributed by atoms with Crippen LogP contribution in [0.15, 0.2) is 24.3 Å². The van der Waals surface area contributed by atoms with E-state index in [0.29, 0.717) is 11.4 Å². The van der Waals surface area contributed by atoms with Gasteiger partial charge in [-0.3, -0.25) is 4.90 Å². The molecule has 0 unspecified atom stereocenters. The zero-order valence-electron chi connectivity index (χ0n) is 14.6. The number of aromatic nitrogens is 3. The highest BCUT2D eigenvalue weighted by atomic mass is 32.1. The van der Waals surface area contributed by atoms with Crippen LogP contribution in [-0.4, -0.2) is 51.7 Å². The molecule has 1 aromatic carbocycles. The van der Waals surface area contributed by atoms with Crippen LogP contribution in [0.3, 0.4) is 0 Å². The van der Waals surface area contributed by atoms with Gasteiger partial charge in [0.25, 0.3) is 0 Å². The molecule has 1 aliphatic heterocycles. The summed E-state index contributed by atoms with van der Waals surface area (Å²) in [6, 6.07) is 7.86. The number of nitrogens with zero attached hydrogens (tertiary/aromatic N) is 4. The van der Waals surface area contributed by atoms with E-state index in [2.05, 4.69) is 18.7 Å². The lowest BCUT2D eigenvalue weighted by molar-refractivity contribution is -0.0777. The van der Waals surface area contributed by atoms with E-state index in [4.69, 9.17) is 26.8 Å². The van der Waals surface area contributed by atoms with E-state index >= 15 is 0 Å². The normalized spacial score (nSPS) is 21.8. The van der Waals surface area contributed by atoms with E-state index in [-0.39, 0.29) is 12.2 Å². The van der Waals surface area contributed by atoms with Crippen molar-refractivity contribution in [1.82, 2.24) is 19.2 Å². The van der Waals surface area contributed by atoms with Crippen molar-refractivity contribution in [2.75, 3.05) is 20.2 Å². The number of methoxy groups -OCH3 is 1. The van der Waals surface area contributed by atoms with Crippen molar-refractivity contribution in [3.63, 3.8) is 0 Å². The van der Waals surface area contributed by atoms with Gasteiger partial charge < -0.3 is 14.0 Å². The topological polar surface area (TPSA) is 44.4 Å². The van der Waals surface area contributed by atoms with Gasteiger partial charge in [0, 0.05) is 25.7 Å². The second-order valence-electron chi connectivity index (χ2n) is 6.33. The Hall–Kier alpha value is -1.70. The van der Waals surface area contributed by atoms with Gasteiger partial charge in [-0.15, -0.1) is 0 Å². The minimum absolute atomic E-state index is 0.229. The molecule has 24 heavy (non-hydrogen) atoms. The van der Waals surface area contributed by atoms with Gasteiger partial charge in [0.1, 0.15) is 5.75 Å². The number of ether oxygens (including phenoxy) is 2. The minimum atomic E-state index is 0.229. The first-order valence-corrected chi connectivity index (χ1v) is 8.55. The van der Waals surface area contributed by atoms with Gasteiger partial charge in [0.15, 0.2) is 10.6 Å². The number of hydrogen-bond donors (Lipinski definition) is 0. The highest BCUT2D eigenvalue weighted by molar-refractivity contribution is 7.71. The zero-order chi connectivity index (χ0) is 17.3. The van der Waals surface area contributed by atoms with Crippen molar-refractivity contribution in [1.29, 1.82) is 0 Å². The molecule has 1 aliphatic rings. The summed E-state index contributed by atoms with van der Waals surface area (Å²) in [7, 11) is 3.62. The lowest BCUT2D eigenvalue weighted by atomic mass is 10.2. The summed E-state index contributed by atoms with van der Waals surface area (Å²) >= 11 is 5.57. The van der Waals surface area contributed by atoms with E-state index in [1.807, 2.05) is 40.6 Å². The minimum Gasteiger partial charge on any atom is -0.497 e. The Balaban J connectivity index is 1.84. The first kappa shape index (κ1) is 17.1. The molecule has 0 aliphatic carbocycles. The molecule has 1 aromatic heterocycles. The number of hydrogen-bond acceptors (Lipinski definition) is 5. The molecular formula is C17H24N4O2S. The number of benzene rings is 1. The summed E-state index contributed by atoms with van der Waals surface area (Å²) in [6.45, 7) is 6.66. The first-order valence-electron chi connectivity index (χ1n) is 8.14. The largest absolute Gasteiger partial charge is 0.497 e. The smallest absolute Gasteiger partial charge is 0.199 e. The second kappa shape index (κ2) is 7.04. The van der Waals surface area contributed by atoms with Crippen LogP contribution >= 0.6 is 12.2 Å². The van der Waals surface area contributed by atoms with E-state index in [9.17, 15) is 0 Å².